The summed E-state index contributed by atoms with van der Waals surface area (Å²) < 4.78 is 38.1. The van der Waals surface area contributed by atoms with Crippen molar-refractivity contribution in [3.8, 4) is 6.07 Å². The van der Waals surface area contributed by atoms with Gasteiger partial charge in [0.1, 0.15) is 0 Å². The number of alkyl halides is 3. The minimum atomic E-state index is -4.52. The van der Waals surface area contributed by atoms with Gasteiger partial charge in [-0.1, -0.05) is 0 Å². The van der Waals surface area contributed by atoms with Gasteiger partial charge in [0.2, 0.25) is 0 Å². The molecule has 0 aromatic heterocycles. The van der Waals surface area contributed by atoms with Crippen LogP contribution in [0, 0.1) is 11.3 Å². The third kappa shape index (κ3) is 3.64. The van der Waals surface area contributed by atoms with Crippen molar-refractivity contribution in [3.63, 3.8) is 0 Å². The Hall–Kier alpha value is -1.74. The van der Waals surface area contributed by atoms with Crippen LogP contribution in [0.15, 0.2) is 18.2 Å². The zero-order valence-electron chi connectivity index (χ0n) is 10.1. The van der Waals surface area contributed by atoms with E-state index < -0.39 is 11.7 Å². The van der Waals surface area contributed by atoms with Gasteiger partial charge in [0.05, 0.1) is 17.2 Å². The van der Waals surface area contributed by atoms with Crippen molar-refractivity contribution in [2.24, 2.45) is 0 Å². The average Bonchev–Trinajstić information content (AvgIpc) is 2.34. The highest BCUT2D eigenvalue weighted by molar-refractivity contribution is 5.53. The van der Waals surface area contributed by atoms with E-state index in [1.165, 1.54) is 12.1 Å². The number of hydrogen-bond donors (Lipinski definition) is 2. The normalized spacial score (nSPS) is 12.9. The highest BCUT2D eigenvalue weighted by Gasteiger charge is 2.33. The van der Waals surface area contributed by atoms with Crippen LogP contribution in [0.4, 0.5) is 18.9 Å². The Labute approximate surface area is 104 Å². The van der Waals surface area contributed by atoms with E-state index >= 15 is 0 Å². The van der Waals surface area contributed by atoms with E-state index in [4.69, 9.17) is 5.26 Å². The molecule has 18 heavy (non-hydrogen) atoms. The molecule has 1 aromatic carbocycles. The molecule has 3 nitrogen and oxygen atoms in total. The zero-order valence-corrected chi connectivity index (χ0v) is 10.1. The molecule has 2 N–H and O–H groups in total. The fraction of sp³-hybridized carbons (Fsp3) is 0.417. The second kappa shape index (κ2) is 5.74. The first kappa shape index (κ1) is 14.3. The van der Waals surface area contributed by atoms with Gasteiger partial charge in [-0.15, -0.1) is 0 Å². The third-order valence-electron chi connectivity index (χ3n) is 2.55. The van der Waals surface area contributed by atoms with Crippen molar-refractivity contribution >= 4 is 5.69 Å². The third-order valence-corrected chi connectivity index (χ3v) is 2.55. The molecule has 0 heterocycles. The minimum absolute atomic E-state index is 0.134. The highest BCUT2D eigenvalue weighted by Crippen LogP contribution is 2.33. The molecule has 1 unspecified atom stereocenters. The average molecular weight is 257 g/mol. The lowest BCUT2D eigenvalue weighted by atomic mass is 10.1. The summed E-state index contributed by atoms with van der Waals surface area (Å²) >= 11 is 0. The van der Waals surface area contributed by atoms with Crippen molar-refractivity contribution in [3.05, 3.63) is 29.3 Å². The van der Waals surface area contributed by atoms with Crippen LogP contribution in [-0.2, 0) is 6.18 Å². The fourth-order valence-corrected chi connectivity index (χ4v) is 1.36. The number of halogens is 3. The predicted octanol–water partition coefficient (Wildman–Crippen LogP) is 2.60. The van der Waals surface area contributed by atoms with E-state index in [9.17, 15) is 13.2 Å². The van der Waals surface area contributed by atoms with Crippen LogP contribution in [-0.4, -0.2) is 19.6 Å². The lowest BCUT2D eigenvalue weighted by molar-refractivity contribution is -0.137. The smallest absolute Gasteiger partial charge is 0.383 e. The molecule has 6 heteroatoms. The number of nitriles is 1. The van der Waals surface area contributed by atoms with Crippen molar-refractivity contribution in [2.75, 3.05) is 18.9 Å². The van der Waals surface area contributed by atoms with Gasteiger partial charge in [0, 0.05) is 18.3 Å². The van der Waals surface area contributed by atoms with Crippen LogP contribution in [0.3, 0.4) is 0 Å². The van der Waals surface area contributed by atoms with Gasteiger partial charge in [0.15, 0.2) is 0 Å². The molecule has 1 aromatic rings. The van der Waals surface area contributed by atoms with Crippen LogP contribution in [0.1, 0.15) is 18.1 Å². The molecule has 0 saturated carbocycles. The SMILES string of the molecule is CNC(C)CNc1ccc(C#N)c(C(F)(F)F)c1. The van der Waals surface area contributed by atoms with Crippen molar-refractivity contribution in [2.45, 2.75) is 19.1 Å². The summed E-state index contributed by atoms with van der Waals surface area (Å²) in [5.41, 5.74) is -0.926. The predicted molar refractivity (Wildman–Crippen MR) is 63.2 cm³/mol. The van der Waals surface area contributed by atoms with E-state index in [1.54, 1.807) is 13.1 Å². The van der Waals surface area contributed by atoms with Crippen LogP contribution in [0.25, 0.3) is 0 Å². The maximum absolute atomic E-state index is 12.7. The van der Waals surface area contributed by atoms with Gasteiger partial charge >= 0.3 is 6.18 Å². The topological polar surface area (TPSA) is 47.8 Å². The number of benzene rings is 1. The van der Waals surface area contributed by atoms with Crippen LogP contribution >= 0.6 is 0 Å². The van der Waals surface area contributed by atoms with Crippen LogP contribution < -0.4 is 10.6 Å². The molecule has 0 amide bonds. The summed E-state index contributed by atoms with van der Waals surface area (Å²) in [6.45, 7) is 2.40. The minimum Gasteiger partial charge on any atom is -0.383 e. The van der Waals surface area contributed by atoms with Crippen molar-refractivity contribution in [1.82, 2.24) is 5.32 Å². The van der Waals surface area contributed by atoms with Gasteiger partial charge < -0.3 is 10.6 Å². The van der Waals surface area contributed by atoms with Gasteiger partial charge in [-0.05, 0) is 32.2 Å². The molecule has 0 bridgehead atoms. The van der Waals surface area contributed by atoms with Crippen molar-refractivity contribution in [1.29, 1.82) is 5.26 Å². The fourth-order valence-electron chi connectivity index (χ4n) is 1.36. The first-order valence-corrected chi connectivity index (χ1v) is 5.41. The second-order valence-electron chi connectivity index (χ2n) is 3.94. The van der Waals surface area contributed by atoms with E-state index in [1.807, 2.05) is 6.92 Å². The molecule has 98 valence electrons. The van der Waals surface area contributed by atoms with Crippen molar-refractivity contribution < 1.29 is 13.2 Å². The molecular formula is C12H14F3N3. The molecular weight excluding hydrogens is 243 g/mol. The highest BCUT2D eigenvalue weighted by atomic mass is 19.4. The summed E-state index contributed by atoms with van der Waals surface area (Å²) in [6, 6.07) is 5.28. The Balaban J connectivity index is 2.94. The maximum atomic E-state index is 12.7. The lowest BCUT2D eigenvalue weighted by Crippen LogP contribution is -2.29. The number of likely N-dealkylation sites (N-methyl/N-ethyl adjacent to an activating group) is 1. The Morgan fingerprint density at radius 3 is 2.56 bits per heavy atom. The van der Waals surface area contributed by atoms with E-state index in [0.29, 0.717) is 12.2 Å². The summed E-state index contributed by atoms with van der Waals surface area (Å²) in [6.07, 6.45) is -4.52. The van der Waals surface area contributed by atoms with Gasteiger partial charge in [-0.3, -0.25) is 0 Å². The summed E-state index contributed by atoms with van der Waals surface area (Å²) in [4.78, 5) is 0. The molecule has 0 radical (unpaired) electrons. The number of hydrogen-bond acceptors (Lipinski definition) is 3. The Bertz CT molecular complexity index is 449. The molecule has 1 rings (SSSR count). The monoisotopic (exact) mass is 257 g/mol. The second-order valence-corrected chi connectivity index (χ2v) is 3.94. The summed E-state index contributed by atoms with van der Waals surface area (Å²) in [5.74, 6) is 0. The standard InChI is InChI=1S/C12H14F3N3/c1-8(17-2)7-18-10-4-3-9(6-16)11(5-10)12(13,14)15/h3-5,8,17-18H,7H2,1-2H3. The van der Waals surface area contributed by atoms with Gasteiger partial charge in [-0.25, -0.2) is 0 Å². The molecule has 0 spiro atoms. The quantitative estimate of drug-likeness (QED) is 0.871. The Morgan fingerprint density at radius 2 is 2.06 bits per heavy atom. The molecule has 0 saturated heterocycles. The zero-order chi connectivity index (χ0) is 13.8. The first-order valence-electron chi connectivity index (χ1n) is 5.41. The Morgan fingerprint density at radius 1 is 1.39 bits per heavy atom. The number of nitrogens with one attached hydrogen (secondary N) is 2. The number of anilines is 1. The molecule has 0 aliphatic heterocycles. The van der Waals surface area contributed by atoms with E-state index in [0.717, 1.165) is 6.07 Å². The largest absolute Gasteiger partial charge is 0.417 e. The number of nitrogens with zero attached hydrogens (tertiary/aromatic N) is 1. The summed E-state index contributed by atoms with van der Waals surface area (Å²) in [7, 11) is 1.77. The molecule has 0 aliphatic carbocycles. The van der Waals surface area contributed by atoms with Gasteiger partial charge in [-0.2, -0.15) is 18.4 Å². The molecule has 1 atom stereocenters. The Kier molecular flexibility index (Phi) is 4.56. The lowest BCUT2D eigenvalue weighted by Gasteiger charge is -2.15. The van der Waals surface area contributed by atoms with Crippen LogP contribution in [0.2, 0.25) is 0 Å². The number of rotatable bonds is 4. The summed E-state index contributed by atoms with van der Waals surface area (Å²) in [5, 5.41) is 14.5. The van der Waals surface area contributed by atoms with E-state index in [2.05, 4.69) is 10.6 Å². The molecule has 0 aliphatic rings. The molecule has 0 fully saturated rings. The van der Waals surface area contributed by atoms with Gasteiger partial charge in [0.25, 0.3) is 0 Å². The van der Waals surface area contributed by atoms with E-state index in [-0.39, 0.29) is 11.6 Å². The van der Waals surface area contributed by atoms with Crippen LogP contribution in [0.5, 0.6) is 0 Å². The maximum Gasteiger partial charge on any atom is 0.417 e. The first-order chi connectivity index (χ1) is 8.38.